The molecule has 0 bridgehead atoms. The number of hydrogen-bond acceptors (Lipinski definition) is 5. The van der Waals surface area contributed by atoms with Crippen LogP contribution in [0.15, 0.2) is 22.4 Å². The second kappa shape index (κ2) is 5.69. The van der Waals surface area contributed by atoms with Gasteiger partial charge in [-0.15, -0.1) is 23.1 Å². The Labute approximate surface area is 125 Å². The van der Waals surface area contributed by atoms with Gasteiger partial charge in [0.25, 0.3) is 0 Å². The van der Waals surface area contributed by atoms with E-state index in [1.807, 2.05) is 11.8 Å². The zero-order valence-electron chi connectivity index (χ0n) is 10.5. The molecule has 0 fully saturated rings. The largest absolute Gasteiger partial charge is 0.366 e. The number of thiophene rings is 1. The smallest absolute Gasteiger partial charge is 0.224 e. The number of hydrogen-bond donors (Lipinski definition) is 1. The number of anilines is 1. The fraction of sp³-hybridized carbons (Fsp3) is 0.385. The van der Waals surface area contributed by atoms with Gasteiger partial charge in [-0.1, -0.05) is 6.07 Å². The molecule has 100 valence electrons. The van der Waals surface area contributed by atoms with Crippen molar-refractivity contribution in [2.24, 2.45) is 0 Å². The highest BCUT2D eigenvalue weighted by molar-refractivity contribution is 7.99. The third kappa shape index (κ3) is 3.04. The first-order valence-corrected chi connectivity index (χ1v) is 8.45. The maximum atomic E-state index is 5.99. The average molecular weight is 312 g/mol. The third-order valence-corrected chi connectivity index (χ3v) is 5.16. The topological polar surface area (TPSA) is 37.8 Å². The van der Waals surface area contributed by atoms with Crippen LogP contribution in [-0.4, -0.2) is 21.8 Å². The molecular weight excluding hydrogens is 298 g/mol. The Morgan fingerprint density at radius 3 is 3.16 bits per heavy atom. The van der Waals surface area contributed by atoms with Gasteiger partial charge in [0, 0.05) is 29.5 Å². The first kappa shape index (κ1) is 13.2. The molecule has 3 heterocycles. The molecule has 2 aromatic rings. The maximum Gasteiger partial charge on any atom is 0.224 e. The fourth-order valence-corrected chi connectivity index (χ4v) is 4.23. The highest BCUT2D eigenvalue weighted by Gasteiger charge is 2.20. The summed E-state index contributed by atoms with van der Waals surface area (Å²) >= 11 is 9.58. The van der Waals surface area contributed by atoms with E-state index in [0.29, 0.717) is 11.3 Å². The van der Waals surface area contributed by atoms with Crippen LogP contribution in [0.25, 0.3) is 0 Å². The van der Waals surface area contributed by atoms with Gasteiger partial charge in [-0.3, -0.25) is 0 Å². The summed E-state index contributed by atoms with van der Waals surface area (Å²) in [7, 11) is 0. The highest BCUT2D eigenvalue weighted by Crippen LogP contribution is 2.36. The van der Waals surface area contributed by atoms with Gasteiger partial charge in [-0.05, 0) is 30.0 Å². The van der Waals surface area contributed by atoms with E-state index in [9.17, 15) is 0 Å². The molecule has 19 heavy (non-hydrogen) atoms. The van der Waals surface area contributed by atoms with Gasteiger partial charge in [-0.25, -0.2) is 4.98 Å². The van der Waals surface area contributed by atoms with Gasteiger partial charge >= 0.3 is 0 Å². The van der Waals surface area contributed by atoms with Crippen molar-refractivity contribution >= 4 is 40.5 Å². The number of nitrogens with zero attached hydrogens (tertiary/aromatic N) is 2. The lowest BCUT2D eigenvalue weighted by atomic mass is 10.2. The zero-order valence-corrected chi connectivity index (χ0v) is 12.9. The Morgan fingerprint density at radius 2 is 2.37 bits per heavy atom. The van der Waals surface area contributed by atoms with Crippen molar-refractivity contribution in [2.75, 3.05) is 11.1 Å². The summed E-state index contributed by atoms with van der Waals surface area (Å²) in [4.78, 5) is 11.2. The van der Waals surface area contributed by atoms with E-state index >= 15 is 0 Å². The first-order valence-electron chi connectivity index (χ1n) is 6.20. The minimum atomic E-state index is 0.329. The van der Waals surface area contributed by atoms with Gasteiger partial charge in [-0.2, -0.15) is 4.98 Å². The van der Waals surface area contributed by atoms with E-state index < -0.39 is 0 Å². The number of thioether (sulfide) groups is 1. The number of halogens is 1. The standard InChI is InChI=1S/C13H14ClN3S2/c1-8(7-9-3-2-5-18-9)15-12-11-10(4-6-19-11)16-13(14)17-12/h2-3,5,8H,4,6-7H2,1H3,(H,15,16,17). The molecule has 0 saturated carbocycles. The van der Waals surface area contributed by atoms with Crippen molar-refractivity contribution < 1.29 is 0 Å². The molecule has 1 aliphatic rings. The van der Waals surface area contributed by atoms with E-state index in [-0.39, 0.29) is 0 Å². The third-order valence-electron chi connectivity index (χ3n) is 2.96. The Kier molecular flexibility index (Phi) is 3.96. The number of fused-ring (bicyclic) bond motifs is 1. The SMILES string of the molecule is CC(Cc1cccs1)Nc1nc(Cl)nc2c1SCC2. The molecule has 0 saturated heterocycles. The summed E-state index contributed by atoms with van der Waals surface area (Å²) in [6, 6.07) is 4.58. The van der Waals surface area contributed by atoms with Crippen LogP contribution in [0.1, 0.15) is 17.5 Å². The van der Waals surface area contributed by atoms with Crippen LogP contribution < -0.4 is 5.32 Å². The van der Waals surface area contributed by atoms with Crippen LogP contribution in [0, 0.1) is 0 Å². The molecule has 0 radical (unpaired) electrons. The van der Waals surface area contributed by atoms with E-state index in [1.54, 1.807) is 11.3 Å². The van der Waals surface area contributed by atoms with E-state index in [4.69, 9.17) is 11.6 Å². The first-order chi connectivity index (χ1) is 9.22. The fourth-order valence-electron chi connectivity index (χ4n) is 2.15. The summed E-state index contributed by atoms with van der Waals surface area (Å²) < 4.78 is 0. The molecular formula is C13H14ClN3S2. The second-order valence-corrected chi connectivity index (χ2v) is 7.02. The van der Waals surface area contributed by atoms with Crippen LogP contribution in [0.4, 0.5) is 5.82 Å². The van der Waals surface area contributed by atoms with Gasteiger partial charge in [0.05, 0.1) is 10.6 Å². The van der Waals surface area contributed by atoms with Crippen molar-refractivity contribution in [3.63, 3.8) is 0 Å². The summed E-state index contributed by atoms with van der Waals surface area (Å²) in [5.41, 5.74) is 1.08. The molecule has 1 atom stereocenters. The van der Waals surface area contributed by atoms with Gasteiger partial charge in [0.2, 0.25) is 5.28 Å². The lowest BCUT2D eigenvalue weighted by Gasteiger charge is -2.16. The molecule has 0 spiro atoms. The Balaban J connectivity index is 1.76. The number of rotatable bonds is 4. The Bertz CT molecular complexity index is 572. The summed E-state index contributed by atoms with van der Waals surface area (Å²) in [5.74, 6) is 1.96. The maximum absolute atomic E-state index is 5.99. The van der Waals surface area contributed by atoms with Gasteiger partial charge in [0.15, 0.2) is 0 Å². The molecule has 1 unspecified atom stereocenters. The van der Waals surface area contributed by atoms with Crippen molar-refractivity contribution in [3.05, 3.63) is 33.4 Å². The van der Waals surface area contributed by atoms with Crippen LogP contribution >= 0.6 is 34.7 Å². The second-order valence-electron chi connectivity index (χ2n) is 4.54. The molecule has 1 N–H and O–H groups in total. The van der Waals surface area contributed by atoms with Crippen molar-refractivity contribution in [1.29, 1.82) is 0 Å². The number of aryl methyl sites for hydroxylation is 1. The molecule has 1 aliphatic heterocycles. The minimum Gasteiger partial charge on any atom is -0.366 e. The monoisotopic (exact) mass is 311 g/mol. The number of nitrogens with one attached hydrogen (secondary N) is 1. The molecule has 2 aromatic heterocycles. The molecule has 0 aliphatic carbocycles. The van der Waals surface area contributed by atoms with Gasteiger partial charge in [0.1, 0.15) is 5.82 Å². The Morgan fingerprint density at radius 1 is 1.47 bits per heavy atom. The van der Waals surface area contributed by atoms with Crippen LogP contribution in [0.3, 0.4) is 0 Å². The van der Waals surface area contributed by atoms with Gasteiger partial charge < -0.3 is 5.32 Å². The van der Waals surface area contributed by atoms with E-state index in [1.165, 1.54) is 9.77 Å². The lowest BCUT2D eigenvalue weighted by Crippen LogP contribution is -2.19. The Hall–Kier alpha value is -0.780. The van der Waals surface area contributed by atoms with Crippen molar-refractivity contribution in [1.82, 2.24) is 9.97 Å². The zero-order chi connectivity index (χ0) is 13.2. The van der Waals surface area contributed by atoms with Crippen LogP contribution in [0.2, 0.25) is 5.28 Å². The molecule has 0 aromatic carbocycles. The minimum absolute atomic E-state index is 0.329. The molecule has 3 rings (SSSR count). The van der Waals surface area contributed by atoms with E-state index in [2.05, 4.69) is 39.7 Å². The summed E-state index contributed by atoms with van der Waals surface area (Å²) in [5, 5.41) is 5.92. The quantitative estimate of drug-likeness (QED) is 0.870. The molecule has 3 nitrogen and oxygen atoms in total. The van der Waals surface area contributed by atoms with Crippen molar-refractivity contribution in [3.8, 4) is 0 Å². The highest BCUT2D eigenvalue weighted by atomic mass is 35.5. The van der Waals surface area contributed by atoms with E-state index in [0.717, 1.165) is 30.1 Å². The average Bonchev–Trinajstić information content (AvgIpc) is 2.99. The van der Waals surface area contributed by atoms with Crippen molar-refractivity contribution in [2.45, 2.75) is 30.7 Å². The summed E-state index contributed by atoms with van der Waals surface area (Å²) in [6.45, 7) is 2.17. The predicted molar refractivity (Wildman–Crippen MR) is 82.6 cm³/mol. The summed E-state index contributed by atoms with van der Waals surface area (Å²) in [6.07, 6.45) is 1.98. The van der Waals surface area contributed by atoms with Crippen LogP contribution in [-0.2, 0) is 12.8 Å². The lowest BCUT2D eigenvalue weighted by molar-refractivity contribution is 0.785. The molecule has 6 heteroatoms. The van der Waals surface area contributed by atoms with Crippen LogP contribution in [0.5, 0.6) is 0 Å². The molecule has 0 amide bonds. The predicted octanol–water partition coefficient (Wildman–Crippen LogP) is 3.88. The normalized spacial score (nSPS) is 15.3. The number of aromatic nitrogens is 2.